The minimum Gasteiger partial charge on any atom is -0.477 e. The van der Waals surface area contributed by atoms with Crippen molar-refractivity contribution in [3.05, 3.63) is 24.3 Å². The number of carbonyl (C=O) groups excluding carboxylic acids is 2. The molecule has 0 aliphatic rings. The Hall–Kier alpha value is -2.23. The van der Waals surface area contributed by atoms with Gasteiger partial charge in [-0.15, -0.1) is 0 Å². The number of esters is 2. The zero-order chi connectivity index (χ0) is 44.2. The lowest BCUT2D eigenvalue weighted by Crippen LogP contribution is -2.40. The average Bonchev–Trinajstić information content (AvgIpc) is 3.21. The largest absolute Gasteiger partial charge is 0.477 e. The fourth-order valence-electron chi connectivity index (χ4n) is 7.03. The molecule has 2 atom stereocenters. The number of carboxylic acid groups (broad SMARTS) is 1. The molecule has 9 heteroatoms. The van der Waals surface area contributed by atoms with Crippen molar-refractivity contribution in [2.24, 2.45) is 0 Å². The minimum atomic E-state index is -1.51. The topological polar surface area (TPSA) is 108 Å². The van der Waals surface area contributed by atoms with E-state index in [1.807, 2.05) is 21.1 Å². The van der Waals surface area contributed by atoms with Gasteiger partial charge in [-0.2, -0.15) is 0 Å². The highest BCUT2D eigenvalue weighted by Crippen LogP contribution is 2.16. The third-order valence-corrected chi connectivity index (χ3v) is 11.0. The van der Waals surface area contributed by atoms with Gasteiger partial charge in [-0.25, -0.2) is 4.79 Å². The lowest BCUT2D eigenvalue weighted by molar-refractivity contribution is -0.870. The van der Waals surface area contributed by atoms with E-state index in [9.17, 15) is 19.5 Å². The molecule has 0 aromatic heterocycles. The highest BCUT2D eigenvalue weighted by atomic mass is 16.7. The Balaban J connectivity index is 4.30. The van der Waals surface area contributed by atoms with Gasteiger partial charge in [0, 0.05) is 12.8 Å². The number of ether oxygens (including phenoxy) is 4. The van der Waals surface area contributed by atoms with Crippen molar-refractivity contribution >= 4 is 17.9 Å². The van der Waals surface area contributed by atoms with Crippen LogP contribution in [0.2, 0.25) is 0 Å². The normalized spacial score (nSPS) is 13.0. The van der Waals surface area contributed by atoms with Gasteiger partial charge in [-0.3, -0.25) is 9.59 Å². The smallest absolute Gasteiger partial charge is 0.361 e. The van der Waals surface area contributed by atoms with Crippen molar-refractivity contribution in [2.75, 3.05) is 47.5 Å². The van der Waals surface area contributed by atoms with Crippen molar-refractivity contribution in [1.29, 1.82) is 0 Å². The number of allylic oxidation sites excluding steroid dienone is 4. The molecule has 0 rings (SSSR count). The van der Waals surface area contributed by atoms with Gasteiger partial charge in [0.25, 0.3) is 6.29 Å². The van der Waals surface area contributed by atoms with Crippen LogP contribution in [0.4, 0.5) is 0 Å². The maximum atomic E-state index is 12.8. The molecule has 0 aromatic rings. The van der Waals surface area contributed by atoms with Crippen LogP contribution in [0.3, 0.4) is 0 Å². The molecule has 0 bridgehead atoms. The molecule has 0 saturated heterocycles. The van der Waals surface area contributed by atoms with E-state index >= 15 is 0 Å². The number of hydrogen-bond donors (Lipinski definition) is 1. The summed E-state index contributed by atoms with van der Waals surface area (Å²) in [5.41, 5.74) is 0. The number of nitrogens with zero attached hydrogens (tertiary/aromatic N) is 1. The first kappa shape index (κ1) is 57.8. The van der Waals surface area contributed by atoms with Crippen LogP contribution in [0.15, 0.2) is 24.3 Å². The second-order valence-electron chi connectivity index (χ2n) is 18.1. The quantitative estimate of drug-likeness (QED) is 0.0212. The van der Waals surface area contributed by atoms with Crippen molar-refractivity contribution < 1.29 is 42.9 Å². The van der Waals surface area contributed by atoms with E-state index in [0.717, 1.165) is 64.2 Å². The number of quaternary nitrogens is 1. The molecule has 0 aromatic carbocycles. The second kappa shape index (κ2) is 43.4. The van der Waals surface area contributed by atoms with Crippen LogP contribution in [0.5, 0.6) is 0 Å². The average molecular weight is 851 g/mol. The van der Waals surface area contributed by atoms with Crippen molar-refractivity contribution in [1.82, 2.24) is 0 Å². The van der Waals surface area contributed by atoms with Crippen LogP contribution < -0.4 is 0 Å². The maximum absolute atomic E-state index is 12.8. The first-order valence-corrected chi connectivity index (χ1v) is 25.0. The summed E-state index contributed by atoms with van der Waals surface area (Å²) >= 11 is 0. The van der Waals surface area contributed by atoms with Gasteiger partial charge in [-0.1, -0.05) is 199 Å². The molecule has 0 amide bonds. The summed E-state index contributed by atoms with van der Waals surface area (Å²) in [6.07, 6.45) is 45.3. The van der Waals surface area contributed by atoms with Crippen molar-refractivity contribution in [2.45, 2.75) is 238 Å². The maximum Gasteiger partial charge on any atom is 0.361 e. The fourth-order valence-corrected chi connectivity index (χ4v) is 7.03. The van der Waals surface area contributed by atoms with E-state index < -0.39 is 24.3 Å². The van der Waals surface area contributed by atoms with Gasteiger partial charge in [0.05, 0.1) is 34.4 Å². The number of unbranched alkanes of at least 4 members (excludes halogenated alkanes) is 27. The number of carbonyl (C=O) groups is 3. The fraction of sp³-hybridized carbons (Fsp3) is 0.863. The molecule has 9 nitrogen and oxygen atoms in total. The van der Waals surface area contributed by atoms with Crippen LogP contribution in [0, 0.1) is 0 Å². The summed E-state index contributed by atoms with van der Waals surface area (Å²) < 4.78 is 22.8. The third kappa shape index (κ3) is 43.8. The van der Waals surface area contributed by atoms with Gasteiger partial charge in [0.2, 0.25) is 0 Å². The van der Waals surface area contributed by atoms with Gasteiger partial charge < -0.3 is 28.5 Å². The van der Waals surface area contributed by atoms with E-state index in [-0.39, 0.29) is 32.2 Å². The van der Waals surface area contributed by atoms with Crippen LogP contribution in [0.1, 0.15) is 226 Å². The lowest BCUT2D eigenvalue weighted by atomic mass is 10.0. The molecule has 0 heterocycles. The molecule has 2 unspecified atom stereocenters. The standard InChI is InChI=1S/C51H95NO8/c1-6-8-10-12-14-16-18-20-22-23-24-25-26-27-28-30-31-33-35-37-39-41-48(53)58-45-47(46-59-51(50(55)56)57-44-43-52(3,4)5)60-49(54)42-40-38-36-34-32-29-21-19-17-15-13-11-9-7-2/h13,15,19,21,47,51H,6-12,14,16-18,20,22-46H2,1-5H3/p+1/b15-13-,21-19-. The number of likely N-dealkylation sites (N-methyl/N-ethyl adjacent to an activating group) is 1. The van der Waals surface area contributed by atoms with E-state index in [1.165, 1.54) is 128 Å². The monoisotopic (exact) mass is 851 g/mol. The van der Waals surface area contributed by atoms with Gasteiger partial charge in [0.15, 0.2) is 6.10 Å². The number of carboxylic acids is 1. The van der Waals surface area contributed by atoms with Crippen LogP contribution in [-0.4, -0.2) is 87.4 Å². The van der Waals surface area contributed by atoms with Crippen LogP contribution >= 0.6 is 0 Å². The molecule has 0 saturated carbocycles. The van der Waals surface area contributed by atoms with E-state index in [4.69, 9.17) is 18.9 Å². The summed E-state index contributed by atoms with van der Waals surface area (Å²) in [6, 6.07) is 0. The Kier molecular flexibility index (Phi) is 41.8. The molecule has 60 heavy (non-hydrogen) atoms. The Morgan fingerprint density at radius 1 is 0.500 bits per heavy atom. The molecular formula is C51H96NO8+. The summed E-state index contributed by atoms with van der Waals surface area (Å²) in [4.78, 5) is 37.2. The van der Waals surface area contributed by atoms with Crippen LogP contribution in [0.25, 0.3) is 0 Å². The zero-order valence-electron chi connectivity index (χ0n) is 39.9. The minimum absolute atomic E-state index is 0.183. The summed E-state index contributed by atoms with van der Waals surface area (Å²) in [6.45, 7) is 4.84. The Labute approximate surface area is 369 Å². The Morgan fingerprint density at radius 2 is 0.917 bits per heavy atom. The number of rotatable bonds is 46. The highest BCUT2D eigenvalue weighted by Gasteiger charge is 2.25. The van der Waals surface area contributed by atoms with Gasteiger partial charge in [0.1, 0.15) is 13.2 Å². The third-order valence-electron chi connectivity index (χ3n) is 11.0. The summed E-state index contributed by atoms with van der Waals surface area (Å²) in [5, 5.41) is 9.65. The molecule has 1 N–H and O–H groups in total. The molecule has 0 aliphatic heterocycles. The van der Waals surface area contributed by atoms with E-state index in [1.54, 1.807) is 0 Å². The summed E-state index contributed by atoms with van der Waals surface area (Å²) in [7, 11) is 5.96. The van der Waals surface area contributed by atoms with Crippen molar-refractivity contribution in [3.8, 4) is 0 Å². The SMILES string of the molecule is CCCC/C=C\C/C=C\CCCCCCCC(=O)OC(COC(=O)CCCCCCCCCCCCCCCCCCCCCCC)COC(OCC[N+](C)(C)C)C(=O)O. The Morgan fingerprint density at radius 3 is 1.37 bits per heavy atom. The number of aliphatic carboxylic acids is 1. The van der Waals surface area contributed by atoms with Crippen LogP contribution in [-0.2, 0) is 33.3 Å². The predicted octanol–water partition coefficient (Wildman–Crippen LogP) is 13.6. The first-order valence-electron chi connectivity index (χ1n) is 25.0. The zero-order valence-corrected chi connectivity index (χ0v) is 39.9. The molecule has 352 valence electrons. The van der Waals surface area contributed by atoms with Gasteiger partial charge in [-0.05, 0) is 38.5 Å². The Bertz CT molecular complexity index is 1040. The van der Waals surface area contributed by atoms with Gasteiger partial charge >= 0.3 is 17.9 Å². The molecule has 0 aliphatic carbocycles. The molecular weight excluding hydrogens is 755 g/mol. The molecule has 0 radical (unpaired) electrons. The molecule has 0 fully saturated rings. The lowest BCUT2D eigenvalue weighted by Gasteiger charge is -2.25. The van der Waals surface area contributed by atoms with E-state index in [0.29, 0.717) is 23.9 Å². The van der Waals surface area contributed by atoms with E-state index in [2.05, 4.69) is 38.2 Å². The molecule has 0 spiro atoms. The predicted molar refractivity (Wildman–Crippen MR) is 249 cm³/mol. The van der Waals surface area contributed by atoms with Crippen molar-refractivity contribution in [3.63, 3.8) is 0 Å². The second-order valence-corrected chi connectivity index (χ2v) is 18.1. The summed E-state index contributed by atoms with van der Waals surface area (Å²) in [5.74, 6) is -2.01. The first-order chi connectivity index (χ1) is 29.1. The number of hydrogen-bond acceptors (Lipinski definition) is 7. The highest BCUT2D eigenvalue weighted by molar-refractivity contribution is 5.71.